The van der Waals surface area contributed by atoms with E-state index >= 15 is 0 Å². The van der Waals surface area contributed by atoms with Crippen LogP contribution in [0.3, 0.4) is 0 Å². The molecule has 1 N–H and O–H groups in total. The third-order valence-corrected chi connectivity index (χ3v) is 4.79. The standard InChI is InChI=1S/C21H21ClN2O4/c1-13-6-8-18(9-7-13)24-12-15(10-19(24)25)21(27)28-14(2)20(26)23-17-5-3-4-16(22)11-17/h3-9,11,14-15H,10,12H2,1-2H3,(H,23,26)/t14-,15+/m0/s1. The highest BCUT2D eigenvalue weighted by Gasteiger charge is 2.37. The van der Waals surface area contributed by atoms with Crippen molar-refractivity contribution >= 4 is 40.8 Å². The first-order chi connectivity index (χ1) is 13.3. The minimum absolute atomic E-state index is 0.0648. The number of hydrogen-bond donors (Lipinski definition) is 1. The van der Waals surface area contributed by atoms with Crippen LogP contribution in [-0.2, 0) is 19.1 Å². The third kappa shape index (κ3) is 4.70. The molecule has 28 heavy (non-hydrogen) atoms. The molecule has 2 amide bonds. The van der Waals surface area contributed by atoms with E-state index in [9.17, 15) is 14.4 Å². The van der Waals surface area contributed by atoms with Crippen LogP contribution in [0.2, 0.25) is 5.02 Å². The van der Waals surface area contributed by atoms with Crippen molar-refractivity contribution in [2.75, 3.05) is 16.8 Å². The Balaban J connectivity index is 1.57. The molecule has 1 aliphatic rings. The fraction of sp³-hybridized carbons (Fsp3) is 0.286. The van der Waals surface area contributed by atoms with Crippen LogP contribution in [0.15, 0.2) is 48.5 Å². The Morgan fingerprint density at radius 3 is 2.61 bits per heavy atom. The Bertz CT molecular complexity index is 898. The van der Waals surface area contributed by atoms with E-state index in [1.54, 1.807) is 29.2 Å². The molecule has 1 fully saturated rings. The number of aryl methyl sites for hydroxylation is 1. The molecule has 0 saturated carbocycles. The molecule has 6 nitrogen and oxygen atoms in total. The van der Waals surface area contributed by atoms with Gasteiger partial charge in [-0.3, -0.25) is 14.4 Å². The molecule has 0 aromatic heterocycles. The van der Waals surface area contributed by atoms with E-state index in [1.165, 1.54) is 6.92 Å². The van der Waals surface area contributed by atoms with E-state index in [4.69, 9.17) is 16.3 Å². The van der Waals surface area contributed by atoms with Crippen molar-refractivity contribution in [1.82, 2.24) is 0 Å². The lowest BCUT2D eigenvalue weighted by molar-refractivity contribution is -0.157. The topological polar surface area (TPSA) is 75.7 Å². The molecular formula is C21H21ClN2O4. The third-order valence-electron chi connectivity index (χ3n) is 4.56. The molecule has 1 heterocycles. The van der Waals surface area contributed by atoms with E-state index in [0.29, 0.717) is 10.7 Å². The largest absolute Gasteiger partial charge is 0.452 e. The van der Waals surface area contributed by atoms with Crippen LogP contribution in [0.1, 0.15) is 18.9 Å². The number of nitrogens with zero attached hydrogens (tertiary/aromatic N) is 1. The molecule has 146 valence electrons. The quantitative estimate of drug-likeness (QED) is 0.778. The van der Waals surface area contributed by atoms with Gasteiger partial charge in [0.2, 0.25) is 5.91 Å². The summed E-state index contributed by atoms with van der Waals surface area (Å²) in [5.74, 6) is -1.76. The second kappa shape index (κ2) is 8.44. The highest BCUT2D eigenvalue weighted by atomic mass is 35.5. The number of ether oxygens (including phenoxy) is 1. The second-order valence-electron chi connectivity index (χ2n) is 6.82. The van der Waals surface area contributed by atoms with E-state index in [1.807, 2.05) is 31.2 Å². The number of halogens is 1. The van der Waals surface area contributed by atoms with Crippen molar-refractivity contribution in [1.29, 1.82) is 0 Å². The molecule has 0 bridgehead atoms. The fourth-order valence-corrected chi connectivity index (χ4v) is 3.16. The lowest BCUT2D eigenvalue weighted by atomic mass is 10.1. The predicted molar refractivity (Wildman–Crippen MR) is 107 cm³/mol. The summed E-state index contributed by atoms with van der Waals surface area (Å²) in [7, 11) is 0. The minimum atomic E-state index is -0.991. The number of carbonyl (C=O) groups excluding carboxylic acids is 3. The maximum Gasteiger partial charge on any atom is 0.312 e. The fourth-order valence-electron chi connectivity index (χ4n) is 2.97. The summed E-state index contributed by atoms with van der Waals surface area (Å²) in [6, 6.07) is 14.2. The number of amides is 2. The number of rotatable bonds is 5. The van der Waals surface area contributed by atoms with Crippen LogP contribution in [-0.4, -0.2) is 30.4 Å². The molecule has 0 spiro atoms. The molecule has 1 saturated heterocycles. The van der Waals surface area contributed by atoms with Gasteiger partial charge in [0.05, 0.1) is 5.92 Å². The van der Waals surface area contributed by atoms with Crippen molar-refractivity contribution < 1.29 is 19.1 Å². The molecular weight excluding hydrogens is 380 g/mol. The second-order valence-corrected chi connectivity index (χ2v) is 7.26. The van der Waals surface area contributed by atoms with Gasteiger partial charge in [-0.15, -0.1) is 0 Å². The molecule has 1 aliphatic heterocycles. The lowest BCUT2D eigenvalue weighted by Crippen LogP contribution is -2.33. The van der Waals surface area contributed by atoms with Crippen molar-refractivity contribution in [3.63, 3.8) is 0 Å². The van der Waals surface area contributed by atoms with Crippen LogP contribution in [0, 0.1) is 12.8 Å². The maximum absolute atomic E-state index is 12.4. The van der Waals surface area contributed by atoms with Crippen LogP contribution in [0.4, 0.5) is 11.4 Å². The van der Waals surface area contributed by atoms with Gasteiger partial charge in [-0.25, -0.2) is 0 Å². The number of benzene rings is 2. The molecule has 0 radical (unpaired) electrons. The van der Waals surface area contributed by atoms with Crippen LogP contribution < -0.4 is 10.2 Å². The van der Waals surface area contributed by atoms with Crippen molar-refractivity contribution in [2.45, 2.75) is 26.4 Å². The monoisotopic (exact) mass is 400 g/mol. The zero-order chi connectivity index (χ0) is 20.3. The Kier molecular flexibility index (Phi) is 5.99. The Morgan fingerprint density at radius 1 is 1.21 bits per heavy atom. The van der Waals surface area contributed by atoms with Gasteiger partial charge in [0.1, 0.15) is 0 Å². The van der Waals surface area contributed by atoms with Crippen molar-refractivity contribution in [3.05, 3.63) is 59.1 Å². The zero-order valence-corrected chi connectivity index (χ0v) is 16.4. The van der Waals surface area contributed by atoms with Gasteiger partial charge in [-0.1, -0.05) is 35.4 Å². The Hall–Kier alpha value is -2.86. The normalized spacial score (nSPS) is 17.3. The average Bonchev–Trinajstić information content (AvgIpc) is 3.04. The van der Waals surface area contributed by atoms with Gasteiger partial charge in [0, 0.05) is 29.4 Å². The Labute approximate surface area is 168 Å². The predicted octanol–water partition coefficient (Wildman–Crippen LogP) is 3.57. The molecule has 0 unspecified atom stereocenters. The number of carbonyl (C=O) groups is 3. The van der Waals surface area contributed by atoms with Gasteiger partial charge >= 0.3 is 5.97 Å². The Morgan fingerprint density at radius 2 is 1.93 bits per heavy atom. The molecule has 3 rings (SSSR count). The summed E-state index contributed by atoms with van der Waals surface area (Å²) < 4.78 is 5.29. The maximum atomic E-state index is 12.4. The highest BCUT2D eigenvalue weighted by Crippen LogP contribution is 2.26. The summed E-state index contributed by atoms with van der Waals surface area (Å²) >= 11 is 5.89. The first-order valence-corrected chi connectivity index (χ1v) is 9.35. The number of nitrogens with one attached hydrogen (secondary N) is 1. The number of esters is 1. The number of hydrogen-bond acceptors (Lipinski definition) is 4. The molecule has 2 aromatic carbocycles. The van der Waals surface area contributed by atoms with E-state index in [-0.39, 0.29) is 18.9 Å². The summed E-state index contributed by atoms with van der Waals surface area (Å²) in [5.41, 5.74) is 2.35. The first-order valence-electron chi connectivity index (χ1n) is 8.97. The van der Waals surface area contributed by atoms with Gasteiger partial charge < -0.3 is 15.0 Å². The van der Waals surface area contributed by atoms with Crippen molar-refractivity contribution in [2.24, 2.45) is 5.92 Å². The lowest BCUT2D eigenvalue weighted by Gasteiger charge is -2.18. The van der Waals surface area contributed by atoms with E-state index < -0.39 is 23.9 Å². The summed E-state index contributed by atoms with van der Waals surface area (Å²) in [6.07, 6.45) is -0.926. The smallest absolute Gasteiger partial charge is 0.312 e. The highest BCUT2D eigenvalue weighted by molar-refractivity contribution is 6.30. The minimum Gasteiger partial charge on any atom is -0.452 e. The number of anilines is 2. The van der Waals surface area contributed by atoms with Crippen molar-refractivity contribution in [3.8, 4) is 0 Å². The average molecular weight is 401 g/mol. The van der Waals surface area contributed by atoms with Gasteiger partial charge in [-0.2, -0.15) is 0 Å². The zero-order valence-electron chi connectivity index (χ0n) is 15.6. The van der Waals surface area contributed by atoms with Crippen LogP contribution >= 0.6 is 11.6 Å². The summed E-state index contributed by atoms with van der Waals surface area (Å²) in [6.45, 7) is 3.70. The van der Waals surface area contributed by atoms with Gasteiger partial charge in [0.25, 0.3) is 5.91 Å². The molecule has 2 atom stereocenters. The SMILES string of the molecule is Cc1ccc(N2C[C@H](C(=O)O[C@@H](C)C(=O)Nc3cccc(Cl)c3)CC2=O)cc1. The molecule has 0 aliphatic carbocycles. The summed E-state index contributed by atoms with van der Waals surface area (Å²) in [5, 5.41) is 3.14. The van der Waals surface area contributed by atoms with E-state index in [0.717, 1.165) is 11.3 Å². The molecule has 7 heteroatoms. The molecule has 2 aromatic rings. The summed E-state index contributed by atoms with van der Waals surface area (Å²) in [4.78, 5) is 38.6. The van der Waals surface area contributed by atoms with Crippen LogP contribution in [0.5, 0.6) is 0 Å². The van der Waals surface area contributed by atoms with Gasteiger partial charge in [0.15, 0.2) is 6.10 Å². The van der Waals surface area contributed by atoms with E-state index in [2.05, 4.69) is 5.32 Å². The first kappa shape index (κ1) is 19.9. The van der Waals surface area contributed by atoms with Gasteiger partial charge in [-0.05, 0) is 44.2 Å². The van der Waals surface area contributed by atoms with Crippen LogP contribution in [0.25, 0.3) is 0 Å².